The number of carbonyl (C=O) groups is 1. The Balaban J connectivity index is 3.03. The molecule has 0 unspecified atom stereocenters. The minimum Gasteiger partial charge on any atom is -0.361 e. The smallest absolute Gasteiger partial charge is 0.336 e. The van der Waals surface area contributed by atoms with E-state index in [0.717, 1.165) is 0 Å². The molecule has 1 rings (SSSR count). The van der Waals surface area contributed by atoms with Gasteiger partial charge in [0.15, 0.2) is 0 Å². The van der Waals surface area contributed by atoms with Crippen LogP contribution >= 0.6 is 0 Å². The summed E-state index contributed by atoms with van der Waals surface area (Å²) in [5.41, 5.74) is 8.59. The molecular weight excluding hydrogens is 171 g/mol. The van der Waals surface area contributed by atoms with Gasteiger partial charge in [-0.05, 0) is 24.3 Å². The van der Waals surface area contributed by atoms with Gasteiger partial charge < -0.3 is 5.53 Å². The van der Waals surface area contributed by atoms with Gasteiger partial charge in [-0.2, -0.15) is 4.79 Å². The second-order valence-corrected chi connectivity index (χ2v) is 2.52. The third-order valence-corrected chi connectivity index (χ3v) is 1.59. The highest BCUT2D eigenvalue weighted by molar-refractivity contribution is 6.43. The molecular formula is C9H7FN2O. The summed E-state index contributed by atoms with van der Waals surface area (Å²) >= 11 is 0. The van der Waals surface area contributed by atoms with E-state index in [1.54, 1.807) is 0 Å². The summed E-state index contributed by atoms with van der Waals surface area (Å²) < 4.78 is 12.4. The zero-order valence-corrected chi connectivity index (χ0v) is 6.99. The van der Waals surface area contributed by atoms with Crippen LogP contribution in [0.3, 0.4) is 0 Å². The van der Waals surface area contributed by atoms with Gasteiger partial charge in [0.05, 0.1) is 0 Å². The summed E-state index contributed by atoms with van der Waals surface area (Å²) in [7, 11) is 0. The van der Waals surface area contributed by atoms with Crippen molar-refractivity contribution in [1.29, 1.82) is 0 Å². The lowest BCUT2D eigenvalue weighted by atomic mass is 10.1. The van der Waals surface area contributed by atoms with E-state index in [-0.39, 0.29) is 5.71 Å². The fraction of sp³-hybridized carbons (Fsp3) is 0.111. The lowest BCUT2D eigenvalue weighted by molar-refractivity contribution is -0.00678. The van der Waals surface area contributed by atoms with Crippen molar-refractivity contribution >= 4 is 11.5 Å². The maximum Gasteiger partial charge on any atom is 0.336 e. The van der Waals surface area contributed by atoms with Crippen molar-refractivity contribution in [3.8, 4) is 0 Å². The molecule has 13 heavy (non-hydrogen) atoms. The molecule has 0 radical (unpaired) electrons. The van der Waals surface area contributed by atoms with Crippen LogP contribution in [0.2, 0.25) is 0 Å². The molecule has 1 aromatic rings. The van der Waals surface area contributed by atoms with Gasteiger partial charge >= 0.3 is 5.71 Å². The lowest BCUT2D eigenvalue weighted by Gasteiger charge is -1.92. The average Bonchev–Trinajstić information content (AvgIpc) is 2.17. The Labute approximate surface area is 74.4 Å². The molecule has 0 aliphatic carbocycles. The Kier molecular flexibility index (Phi) is 2.67. The van der Waals surface area contributed by atoms with Crippen molar-refractivity contribution in [3.05, 3.63) is 41.2 Å². The second kappa shape index (κ2) is 3.74. The van der Waals surface area contributed by atoms with Crippen molar-refractivity contribution in [1.82, 2.24) is 0 Å². The van der Waals surface area contributed by atoms with Crippen molar-refractivity contribution in [3.63, 3.8) is 0 Å². The van der Waals surface area contributed by atoms with Gasteiger partial charge in [-0.3, -0.25) is 4.79 Å². The number of carbonyl (C=O) groups excluding carboxylic acids is 1. The third kappa shape index (κ3) is 2.07. The molecule has 0 amide bonds. The monoisotopic (exact) mass is 178 g/mol. The van der Waals surface area contributed by atoms with Gasteiger partial charge in [0.1, 0.15) is 5.82 Å². The molecule has 0 N–H and O–H groups in total. The Morgan fingerprint density at radius 1 is 1.38 bits per heavy atom. The van der Waals surface area contributed by atoms with Crippen LogP contribution in [0.1, 0.15) is 17.3 Å². The first kappa shape index (κ1) is 9.29. The van der Waals surface area contributed by atoms with Crippen molar-refractivity contribution in [2.45, 2.75) is 6.92 Å². The van der Waals surface area contributed by atoms with Crippen LogP contribution in [0.15, 0.2) is 24.3 Å². The van der Waals surface area contributed by atoms with E-state index in [0.29, 0.717) is 5.56 Å². The zero-order valence-electron chi connectivity index (χ0n) is 6.99. The van der Waals surface area contributed by atoms with Crippen molar-refractivity contribution in [2.75, 3.05) is 0 Å². The molecule has 0 saturated carbocycles. The van der Waals surface area contributed by atoms with Crippen LogP contribution in [0.5, 0.6) is 0 Å². The fourth-order valence-electron chi connectivity index (χ4n) is 0.856. The first-order chi connectivity index (χ1) is 6.15. The minimum absolute atomic E-state index is 0.0217. The molecule has 0 heterocycles. The summed E-state index contributed by atoms with van der Waals surface area (Å²) in [4.78, 5) is 14.0. The number of hydrogen-bond acceptors (Lipinski definition) is 1. The van der Waals surface area contributed by atoms with E-state index in [9.17, 15) is 9.18 Å². The summed E-state index contributed by atoms with van der Waals surface area (Å²) in [6.45, 7) is 1.38. The topological polar surface area (TPSA) is 53.5 Å². The number of Topliss-reactive ketones (excluding diaryl/α,β-unsaturated/α-hetero) is 1. The highest BCUT2D eigenvalue weighted by Crippen LogP contribution is 2.03. The molecule has 66 valence electrons. The van der Waals surface area contributed by atoms with Gasteiger partial charge in [-0.25, -0.2) is 4.39 Å². The van der Waals surface area contributed by atoms with Crippen LogP contribution < -0.4 is 0 Å². The molecule has 0 aliphatic heterocycles. The Morgan fingerprint density at radius 3 is 2.38 bits per heavy atom. The quantitative estimate of drug-likeness (QED) is 0.294. The van der Waals surface area contributed by atoms with E-state index in [4.69, 9.17) is 5.53 Å². The first-order valence-electron chi connectivity index (χ1n) is 3.64. The van der Waals surface area contributed by atoms with Crippen LogP contribution in [0.25, 0.3) is 5.53 Å². The molecule has 4 heteroatoms. The summed E-state index contributed by atoms with van der Waals surface area (Å²) in [6.07, 6.45) is 0. The van der Waals surface area contributed by atoms with E-state index >= 15 is 0 Å². The first-order valence-corrected chi connectivity index (χ1v) is 3.64. The predicted molar refractivity (Wildman–Crippen MR) is 45.0 cm³/mol. The predicted octanol–water partition coefficient (Wildman–Crippen LogP) is 1.70. The summed E-state index contributed by atoms with van der Waals surface area (Å²) in [5.74, 6) is -0.822. The normalized spacial score (nSPS) is 9.08. The number of benzene rings is 1. The van der Waals surface area contributed by atoms with E-state index < -0.39 is 11.6 Å². The molecule has 1 aromatic carbocycles. The van der Waals surface area contributed by atoms with Gasteiger partial charge in [0, 0.05) is 12.5 Å². The SMILES string of the molecule is CC(=[N+]=[N-])C(=O)c1ccc(F)cc1. The van der Waals surface area contributed by atoms with Gasteiger partial charge in [-0.15, -0.1) is 0 Å². The molecule has 0 bridgehead atoms. The standard InChI is InChI=1S/C9H7FN2O/c1-6(12-11)9(13)7-2-4-8(10)5-3-7/h2-5H,1H3. The Bertz CT molecular complexity index is 377. The molecule has 0 saturated heterocycles. The number of nitrogens with zero attached hydrogens (tertiary/aromatic N) is 2. The maximum absolute atomic E-state index is 12.4. The zero-order chi connectivity index (χ0) is 9.84. The highest BCUT2D eigenvalue weighted by Gasteiger charge is 2.15. The van der Waals surface area contributed by atoms with Gasteiger partial charge in [-0.1, -0.05) is 0 Å². The lowest BCUT2D eigenvalue weighted by Crippen LogP contribution is -2.11. The van der Waals surface area contributed by atoms with Crippen molar-refractivity contribution in [2.24, 2.45) is 0 Å². The number of halogens is 1. The number of ketones is 1. The van der Waals surface area contributed by atoms with Gasteiger partial charge in [0.2, 0.25) is 0 Å². The molecule has 0 spiro atoms. The number of hydrogen-bond donors (Lipinski definition) is 0. The summed E-state index contributed by atoms with van der Waals surface area (Å²) in [6, 6.07) is 5.04. The van der Waals surface area contributed by atoms with Crippen LogP contribution in [-0.2, 0) is 0 Å². The Morgan fingerprint density at radius 2 is 1.92 bits per heavy atom. The fourth-order valence-corrected chi connectivity index (χ4v) is 0.856. The Hall–Kier alpha value is -1.80. The molecule has 0 aliphatic rings. The molecule has 0 atom stereocenters. The van der Waals surface area contributed by atoms with Crippen LogP contribution in [0, 0.1) is 5.82 Å². The van der Waals surface area contributed by atoms with Crippen molar-refractivity contribution < 1.29 is 14.0 Å². The van der Waals surface area contributed by atoms with E-state index in [1.165, 1.54) is 31.2 Å². The second-order valence-electron chi connectivity index (χ2n) is 2.52. The highest BCUT2D eigenvalue weighted by atomic mass is 19.1. The maximum atomic E-state index is 12.4. The largest absolute Gasteiger partial charge is 0.361 e. The molecule has 0 fully saturated rings. The third-order valence-electron chi connectivity index (χ3n) is 1.59. The minimum atomic E-state index is -0.414. The molecule has 0 aromatic heterocycles. The molecule has 3 nitrogen and oxygen atoms in total. The summed E-state index contributed by atoms with van der Waals surface area (Å²) in [5, 5.41) is 0. The van der Waals surface area contributed by atoms with E-state index in [1.807, 2.05) is 0 Å². The number of rotatable bonds is 2. The van der Waals surface area contributed by atoms with E-state index in [2.05, 4.69) is 4.79 Å². The average molecular weight is 178 g/mol. The van der Waals surface area contributed by atoms with Crippen LogP contribution in [0.4, 0.5) is 4.39 Å². The van der Waals surface area contributed by atoms with Gasteiger partial charge in [0.25, 0.3) is 5.78 Å². The van der Waals surface area contributed by atoms with Crippen LogP contribution in [-0.4, -0.2) is 16.3 Å².